The summed E-state index contributed by atoms with van der Waals surface area (Å²) in [6.45, 7) is 4.62. The molecule has 0 spiro atoms. The summed E-state index contributed by atoms with van der Waals surface area (Å²) < 4.78 is 23.2. The molecule has 2 N–H and O–H groups in total. The molecule has 0 saturated heterocycles. The first-order valence-corrected chi connectivity index (χ1v) is 30.8. The smallest absolute Gasteiger partial charge is 0.268 e. The van der Waals surface area contributed by atoms with Gasteiger partial charge in [-0.25, -0.2) is 0 Å². The van der Waals surface area contributed by atoms with Crippen LogP contribution in [0.4, 0.5) is 0 Å². The van der Waals surface area contributed by atoms with Crippen molar-refractivity contribution in [3.8, 4) is 0 Å². The van der Waals surface area contributed by atoms with E-state index in [-0.39, 0.29) is 19.1 Å². The van der Waals surface area contributed by atoms with Crippen LogP contribution < -0.4 is 10.2 Å². The second-order valence-corrected chi connectivity index (χ2v) is 22.8. The van der Waals surface area contributed by atoms with Gasteiger partial charge >= 0.3 is 0 Å². The fraction of sp³-hybridized carbons (Fsp3) is 0.881. The maximum absolute atomic E-state index is 12.9. The van der Waals surface area contributed by atoms with E-state index in [0.29, 0.717) is 17.4 Å². The van der Waals surface area contributed by atoms with Gasteiger partial charge in [-0.15, -0.1) is 0 Å². The third-order valence-electron chi connectivity index (χ3n) is 13.3. The number of carbonyl (C=O) groups is 1. The number of nitrogens with zero attached hydrogens (tertiary/aromatic N) is 1. The molecule has 1 amide bonds. The number of aliphatic hydroxyl groups excluding tert-OH is 1. The minimum atomic E-state index is -4.58. The fourth-order valence-corrected chi connectivity index (χ4v) is 9.44. The first kappa shape index (κ1) is 66.7. The van der Waals surface area contributed by atoms with E-state index in [1.165, 1.54) is 218 Å². The Hall–Kier alpha value is -1.28. The van der Waals surface area contributed by atoms with Crippen molar-refractivity contribution < 1.29 is 32.9 Å². The molecule has 0 aromatic heterocycles. The average Bonchev–Trinajstić information content (AvgIpc) is 3.30. The lowest BCUT2D eigenvalue weighted by Gasteiger charge is -2.29. The van der Waals surface area contributed by atoms with E-state index in [0.717, 1.165) is 44.9 Å². The molecule has 3 unspecified atom stereocenters. The number of amides is 1. The number of phosphoric acid groups is 1. The van der Waals surface area contributed by atoms with Crippen LogP contribution in [-0.4, -0.2) is 68.5 Å². The van der Waals surface area contributed by atoms with Gasteiger partial charge in [-0.05, 0) is 51.4 Å². The molecule has 0 aliphatic heterocycles. The number of hydrogen-bond acceptors (Lipinski definition) is 6. The number of hydrogen-bond donors (Lipinski definition) is 2. The van der Waals surface area contributed by atoms with E-state index in [1.807, 2.05) is 27.2 Å². The minimum Gasteiger partial charge on any atom is -0.756 e. The third-order valence-corrected chi connectivity index (χ3v) is 14.3. The standard InChI is InChI=1S/C59H115N2O6P/c1-6-8-10-12-14-16-17-18-19-20-21-22-23-24-25-26-27-28-29-30-31-32-33-34-35-36-37-38-39-40-41-42-43-45-47-49-51-53-59(63)60-57(56-67-68(64,65)66-55-54-61(3,4)5)58(62)52-50-48-46-44-15-13-11-9-7-2/h17-18,20-21,50,52,57-58,62H,6-16,19,22-49,51,53-56H2,1-5H3,(H-,60,63,64,65)/b18-17-,21-20-,52-50+. The topological polar surface area (TPSA) is 108 Å². The Kier molecular flexibility index (Phi) is 49.7. The molecule has 0 saturated carbocycles. The van der Waals surface area contributed by atoms with Gasteiger partial charge in [0.05, 0.1) is 39.9 Å². The minimum absolute atomic E-state index is 0.000568. The van der Waals surface area contributed by atoms with Crippen LogP contribution in [0.5, 0.6) is 0 Å². The Morgan fingerprint density at radius 1 is 0.515 bits per heavy atom. The lowest BCUT2D eigenvalue weighted by Crippen LogP contribution is -2.45. The van der Waals surface area contributed by atoms with Crippen molar-refractivity contribution in [2.45, 2.75) is 296 Å². The summed E-state index contributed by atoms with van der Waals surface area (Å²) in [6.07, 6.45) is 65.5. The quantitative estimate of drug-likeness (QED) is 0.0272. The number of allylic oxidation sites excluding steroid dienone is 5. The SMILES string of the molecule is CCCCCCC/C=C\C/C=C\CCCCCCCCCCCCCCCCCCCCCCCCCCCC(=O)NC(COP(=O)([O-])OCC[N+](C)(C)C)C(O)/C=C/CCCCCCCCC. The molecule has 68 heavy (non-hydrogen) atoms. The summed E-state index contributed by atoms with van der Waals surface area (Å²) in [6, 6.07) is -0.882. The van der Waals surface area contributed by atoms with Crippen molar-refractivity contribution in [2.75, 3.05) is 40.9 Å². The highest BCUT2D eigenvalue weighted by Crippen LogP contribution is 2.38. The van der Waals surface area contributed by atoms with Gasteiger partial charge in [0, 0.05) is 6.42 Å². The molecule has 8 nitrogen and oxygen atoms in total. The van der Waals surface area contributed by atoms with E-state index in [9.17, 15) is 19.4 Å². The number of likely N-dealkylation sites (N-methyl/N-ethyl adjacent to an activating group) is 1. The molecule has 402 valence electrons. The highest BCUT2D eigenvalue weighted by Gasteiger charge is 2.23. The summed E-state index contributed by atoms with van der Waals surface area (Å²) in [5, 5.41) is 13.8. The van der Waals surface area contributed by atoms with Crippen molar-refractivity contribution in [3.05, 3.63) is 36.5 Å². The summed E-state index contributed by atoms with van der Waals surface area (Å²) in [5.74, 6) is -0.196. The van der Waals surface area contributed by atoms with E-state index in [4.69, 9.17) is 9.05 Å². The maximum atomic E-state index is 12.9. The highest BCUT2D eigenvalue weighted by molar-refractivity contribution is 7.45. The number of phosphoric ester groups is 1. The van der Waals surface area contributed by atoms with Crippen molar-refractivity contribution in [1.82, 2.24) is 5.32 Å². The number of quaternary nitrogens is 1. The zero-order valence-corrected chi connectivity index (χ0v) is 46.7. The van der Waals surface area contributed by atoms with E-state index < -0.39 is 20.0 Å². The molecule has 9 heteroatoms. The monoisotopic (exact) mass is 979 g/mol. The van der Waals surface area contributed by atoms with Crippen molar-refractivity contribution in [2.24, 2.45) is 0 Å². The van der Waals surface area contributed by atoms with Crippen LogP contribution in [0.25, 0.3) is 0 Å². The Morgan fingerprint density at radius 2 is 0.853 bits per heavy atom. The predicted molar refractivity (Wildman–Crippen MR) is 293 cm³/mol. The van der Waals surface area contributed by atoms with Crippen LogP contribution in [0, 0.1) is 0 Å². The van der Waals surface area contributed by atoms with Crippen LogP contribution in [0.3, 0.4) is 0 Å². The highest BCUT2D eigenvalue weighted by atomic mass is 31.2. The zero-order chi connectivity index (χ0) is 49.9. The van der Waals surface area contributed by atoms with E-state index in [2.05, 4.69) is 43.5 Å². The molecule has 0 radical (unpaired) electrons. The number of aliphatic hydroxyl groups is 1. The molecule has 0 aromatic carbocycles. The van der Waals surface area contributed by atoms with Crippen LogP contribution in [-0.2, 0) is 18.4 Å². The molecule has 0 fully saturated rings. The Bertz CT molecular complexity index is 1200. The Morgan fingerprint density at radius 3 is 1.22 bits per heavy atom. The van der Waals surface area contributed by atoms with Gasteiger partial charge in [0.15, 0.2) is 0 Å². The van der Waals surface area contributed by atoms with Crippen molar-refractivity contribution in [1.29, 1.82) is 0 Å². The van der Waals surface area contributed by atoms with Crippen molar-refractivity contribution >= 4 is 13.7 Å². The Labute approximate surface area is 423 Å². The normalized spacial score (nSPS) is 14.2. The lowest BCUT2D eigenvalue weighted by atomic mass is 10.0. The van der Waals surface area contributed by atoms with Crippen LogP contribution in [0.1, 0.15) is 284 Å². The van der Waals surface area contributed by atoms with Crippen LogP contribution in [0.15, 0.2) is 36.5 Å². The molecule has 0 aliphatic rings. The second-order valence-electron chi connectivity index (χ2n) is 21.4. The first-order chi connectivity index (χ1) is 33.0. The van der Waals surface area contributed by atoms with Gasteiger partial charge in [-0.1, -0.05) is 262 Å². The first-order valence-electron chi connectivity index (χ1n) is 29.4. The molecule has 0 aliphatic carbocycles. The zero-order valence-electron chi connectivity index (χ0n) is 45.8. The van der Waals surface area contributed by atoms with Gasteiger partial charge in [-0.3, -0.25) is 9.36 Å². The number of carbonyl (C=O) groups excluding carboxylic acids is 1. The summed E-state index contributed by atoms with van der Waals surface area (Å²) in [7, 11) is 1.27. The molecule has 3 atom stereocenters. The maximum Gasteiger partial charge on any atom is 0.268 e. The second kappa shape index (κ2) is 50.7. The van der Waals surface area contributed by atoms with E-state index >= 15 is 0 Å². The molecule has 0 aromatic rings. The largest absolute Gasteiger partial charge is 0.756 e. The fourth-order valence-electron chi connectivity index (χ4n) is 8.72. The average molecular weight is 980 g/mol. The summed E-state index contributed by atoms with van der Waals surface area (Å²) >= 11 is 0. The number of unbranched alkanes of at least 4 members (excludes halogenated alkanes) is 37. The van der Waals surface area contributed by atoms with Gasteiger partial charge in [-0.2, -0.15) is 0 Å². The van der Waals surface area contributed by atoms with Crippen molar-refractivity contribution in [3.63, 3.8) is 0 Å². The number of rotatable bonds is 54. The molecule has 0 rings (SSSR count). The molecule has 0 bridgehead atoms. The van der Waals surface area contributed by atoms with Gasteiger partial charge in [0.1, 0.15) is 13.2 Å². The molecular formula is C59H115N2O6P. The van der Waals surface area contributed by atoms with E-state index in [1.54, 1.807) is 6.08 Å². The lowest BCUT2D eigenvalue weighted by molar-refractivity contribution is -0.870. The van der Waals surface area contributed by atoms with Crippen LogP contribution >= 0.6 is 7.82 Å². The van der Waals surface area contributed by atoms with Gasteiger partial charge in [0.2, 0.25) is 5.91 Å². The third kappa shape index (κ3) is 52.5. The predicted octanol–water partition coefficient (Wildman–Crippen LogP) is 17.1. The van der Waals surface area contributed by atoms with Crippen LogP contribution in [0.2, 0.25) is 0 Å². The number of nitrogens with one attached hydrogen (secondary N) is 1. The Balaban J connectivity index is 3.82. The molecular weight excluding hydrogens is 864 g/mol. The summed E-state index contributed by atoms with van der Waals surface area (Å²) in [5.41, 5.74) is 0. The van der Waals surface area contributed by atoms with Gasteiger partial charge < -0.3 is 28.8 Å². The summed E-state index contributed by atoms with van der Waals surface area (Å²) in [4.78, 5) is 25.3. The molecule has 0 heterocycles. The van der Waals surface area contributed by atoms with Gasteiger partial charge in [0.25, 0.3) is 7.82 Å².